The van der Waals surface area contributed by atoms with Gasteiger partial charge in [0.1, 0.15) is 0 Å². The fourth-order valence-corrected chi connectivity index (χ4v) is 3.83. The van der Waals surface area contributed by atoms with E-state index < -0.39 is 34.9 Å². The summed E-state index contributed by atoms with van der Waals surface area (Å²) in [5, 5.41) is 8.49. The maximum absolute atomic E-state index is 13.3. The van der Waals surface area contributed by atoms with Crippen molar-refractivity contribution < 1.29 is 22.3 Å². The van der Waals surface area contributed by atoms with Crippen LogP contribution in [0.2, 0.25) is 0 Å². The maximum atomic E-state index is 13.3. The van der Waals surface area contributed by atoms with Crippen LogP contribution >= 0.6 is 0 Å². The standard InChI is InChI=1S/C9H15F2NO3S/c10-9(11)3-4-12(5-7(9)6-13)16(14,15)8-1-2-8/h7-8,13H,1-6H2. The minimum absolute atomic E-state index is 0.137. The molecule has 1 heterocycles. The Kier molecular flexibility index (Phi) is 2.96. The van der Waals surface area contributed by atoms with E-state index in [-0.39, 0.29) is 18.3 Å². The van der Waals surface area contributed by atoms with Gasteiger partial charge in [0.15, 0.2) is 0 Å². The van der Waals surface area contributed by atoms with Gasteiger partial charge in [-0.1, -0.05) is 0 Å². The summed E-state index contributed by atoms with van der Waals surface area (Å²) in [5.41, 5.74) is 0. The molecule has 0 amide bonds. The summed E-state index contributed by atoms with van der Waals surface area (Å²) in [6, 6.07) is 0. The molecule has 1 saturated carbocycles. The molecule has 2 fully saturated rings. The van der Waals surface area contributed by atoms with Crippen LogP contribution < -0.4 is 0 Å². The highest BCUT2D eigenvalue weighted by Gasteiger charge is 2.49. The van der Waals surface area contributed by atoms with Gasteiger partial charge < -0.3 is 5.11 Å². The van der Waals surface area contributed by atoms with Crippen molar-refractivity contribution in [1.82, 2.24) is 4.31 Å². The highest BCUT2D eigenvalue weighted by molar-refractivity contribution is 7.90. The van der Waals surface area contributed by atoms with E-state index in [0.717, 1.165) is 4.31 Å². The number of sulfonamides is 1. The first-order valence-electron chi connectivity index (χ1n) is 5.35. The number of aliphatic hydroxyl groups excluding tert-OH is 1. The maximum Gasteiger partial charge on any atom is 0.255 e. The molecule has 7 heteroatoms. The first-order valence-corrected chi connectivity index (χ1v) is 6.86. The molecule has 2 aliphatic rings. The second-order valence-corrected chi connectivity index (χ2v) is 6.71. The second-order valence-electron chi connectivity index (χ2n) is 4.49. The number of nitrogens with zero attached hydrogens (tertiary/aromatic N) is 1. The topological polar surface area (TPSA) is 57.6 Å². The Morgan fingerprint density at radius 3 is 2.50 bits per heavy atom. The van der Waals surface area contributed by atoms with Gasteiger partial charge in [0.25, 0.3) is 5.92 Å². The van der Waals surface area contributed by atoms with Gasteiger partial charge in [0, 0.05) is 19.5 Å². The number of hydrogen-bond acceptors (Lipinski definition) is 3. The van der Waals surface area contributed by atoms with Gasteiger partial charge in [0.05, 0.1) is 17.8 Å². The molecule has 2 rings (SSSR count). The van der Waals surface area contributed by atoms with Crippen molar-refractivity contribution >= 4 is 10.0 Å². The lowest BCUT2D eigenvalue weighted by Gasteiger charge is -2.36. The normalized spacial score (nSPS) is 31.6. The van der Waals surface area contributed by atoms with Crippen LogP contribution in [0, 0.1) is 5.92 Å². The Bertz CT molecular complexity index is 367. The Balaban J connectivity index is 2.10. The van der Waals surface area contributed by atoms with E-state index in [1.54, 1.807) is 0 Å². The molecule has 1 aliphatic carbocycles. The van der Waals surface area contributed by atoms with E-state index >= 15 is 0 Å². The van der Waals surface area contributed by atoms with E-state index in [4.69, 9.17) is 5.11 Å². The summed E-state index contributed by atoms with van der Waals surface area (Å²) in [6.45, 7) is -1.08. The quantitative estimate of drug-likeness (QED) is 0.795. The summed E-state index contributed by atoms with van der Waals surface area (Å²) in [5.74, 6) is -4.22. The van der Waals surface area contributed by atoms with Crippen molar-refractivity contribution in [3.8, 4) is 0 Å². The van der Waals surface area contributed by atoms with Gasteiger partial charge in [-0.05, 0) is 12.8 Å². The first kappa shape index (κ1) is 12.2. The van der Waals surface area contributed by atoms with Gasteiger partial charge in [-0.3, -0.25) is 0 Å². The molecule has 4 nitrogen and oxygen atoms in total. The molecule has 0 radical (unpaired) electrons. The van der Waals surface area contributed by atoms with Gasteiger partial charge in [-0.15, -0.1) is 0 Å². The van der Waals surface area contributed by atoms with Gasteiger partial charge in [0.2, 0.25) is 10.0 Å². The molecule has 0 aromatic heterocycles. The molecular weight excluding hydrogens is 240 g/mol. The van der Waals surface area contributed by atoms with Crippen LogP contribution in [0.3, 0.4) is 0 Å². The molecule has 0 bridgehead atoms. The van der Waals surface area contributed by atoms with Gasteiger partial charge in [-0.2, -0.15) is 0 Å². The fourth-order valence-electron chi connectivity index (χ4n) is 1.95. The van der Waals surface area contributed by atoms with Crippen LogP contribution in [0.1, 0.15) is 19.3 Å². The van der Waals surface area contributed by atoms with Crippen LogP contribution in [-0.4, -0.2) is 48.7 Å². The zero-order valence-electron chi connectivity index (χ0n) is 8.77. The zero-order chi connectivity index (χ0) is 12.0. The predicted octanol–water partition coefficient (Wildman–Crippen LogP) is 0.428. The highest BCUT2D eigenvalue weighted by atomic mass is 32.2. The minimum atomic E-state index is -3.39. The van der Waals surface area contributed by atoms with Gasteiger partial charge >= 0.3 is 0 Å². The lowest BCUT2D eigenvalue weighted by atomic mass is 9.96. The van der Waals surface area contributed by atoms with E-state index in [2.05, 4.69) is 0 Å². The van der Waals surface area contributed by atoms with Crippen LogP contribution in [0.15, 0.2) is 0 Å². The summed E-state index contributed by atoms with van der Waals surface area (Å²) < 4.78 is 51.3. The Hall–Kier alpha value is -0.270. The highest BCUT2D eigenvalue weighted by Crippen LogP contribution is 2.38. The monoisotopic (exact) mass is 255 g/mol. The molecule has 0 aromatic rings. The Morgan fingerprint density at radius 1 is 1.38 bits per heavy atom. The third-order valence-corrected chi connectivity index (χ3v) is 5.61. The number of piperidine rings is 1. The molecular formula is C9H15F2NO3S. The van der Waals surface area contributed by atoms with Crippen molar-refractivity contribution in [2.24, 2.45) is 5.92 Å². The summed E-state index contributed by atoms with van der Waals surface area (Å²) in [6.07, 6.45) is 0.752. The third kappa shape index (κ3) is 2.08. The second kappa shape index (κ2) is 3.89. The molecule has 16 heavy (non-hydrogen) atoms. The molecule has 1 unspecified atom stereocenters. The van der Waals surface area contributed by atoms with E-state index in [0.29, 0.717) is 12.8 Å². The molecule has 1 aliphatic heterocycles. The number of rotatable bonds is 3. The molecule has 1 atom stereocenters. The first-order chi connectivity index (χ1) is 7.38. The van der Waals surface area contributed by atoms with Gasteiger partial charge in [-0.25, -0.2) is 21.5 Å². The Labute approximate surface area is 93.3 Å². The van der Waals surface area contributed by atoms with Crippen LogP contribution in [0.4, 0.5) is 8.78 Å². The SMILES string of the molecule is O=S(=O)(C1CC1)N1CCC(F)(F)C(CO)C1. The van der Waals surface area contributed by atoms with Crippen molar-refractivity contribution in [3.05, 3.63) is 0 Å². The molecule has 0 spiro atoms. The van der Waals surface area contributed by atoms with Crippen molar-refractivity contribution in [1.29, 1.82) is 0 Å². The number of hydrogen-bond donors (Lipinski definition) is 1. The van der Waals surface area contributed by atoms with Crippen LogP contribution in [0.25, 0.3) is 0 Å². The summed E-state index contributed by atoms with van der Waals surface area (Å²) >= 11 is 0. The number of alkyl halides is 2. The summed E-state index contributed by atoms with van der Waals surface area (Å²) in [7, 11) is -3.39. The van der Waals surface area contributed by atoms with E-state index in [1.807, 2.05) is 0 Å². The molecule has 94 valence electrons. The average molecular weight is 255 g/mol. The lowest BCUT2D eigenvalue weighted by Crippen LogP contribution is -2.51. The zero-order valence-corrected chi connectivity index (χ0v) is 9.59. The average Bonchev–Trinajstić information content (AvgIpc) is 3.00. The molecule has 0 aromatic carbocycles. The minimum Gasteiger partial charge on any atom is -0.396 e. The predicted molar refractivity (Wildman–Crippen MR) is 53.7 cm³/mol. The van der Waals surface area contributed by atoms with E-state index in [9.17, 15) is 17.2 Å². The van der Waals surface area contributed by atoms with Crippen LogP contribution in [0.5, 0.6) is 0 Å². The van der Waals surface area contributed by atoms with Crippen molar-refractivity contribution in [3.63, 3.8) is 0 Å². The molecule has 1 saturated heterocycles. The van der Waals surface area contributed by atoms with Crippen molar-refractivity contribution in [2.45, 2.75) is 30.4 Å². The third-order valence-electron chi connectivity index (χ3n) is 3.24. The fraction of sp³-hybridized carbons (Fsp3) is 1.00. The lowest BCUT2D eigenvalue weighted by molar-refractivity contribution is -0.107. The number of aliphatic hydroxyl groups is 1. The van der Waals surface area contributed by atoms with E-state index in [1.165, 1.54) is 0 Å². The Morgan fingerprint density at radius 2 is 2.00 bits per heavy atom. The van der Waals surface area contributed by atoms with Crippen molar-refractivity contribution in [2.75, 3.05) is 19.7 Å². The smallest absolute Gasteiger partial charge is 0.255 e. The largest absolute Gasteiger partial charge is 0.396 e. The summed E-state index contributed by atoms with van der Waals surface area (Å²) in [4.78, 5) is 0. The van der Waals surface area contributed by atoms with Crippen LogP contribution in [-0.2, 0) is 10.0 Å². The molecule has 1 N–H and O–H groups in total. The number of halogens is 2.